The number of guanidine groups is 1. The summed E-state index contributed by atoms with van der Waals surface area (Å²) in [6, 6.07) is 15.0. The minimum Gasteiger partial charge on any atom is -0.370 e. The van der Waals surface area contributed by atoms with Crippen LogP contribution in [-0.4, -0.2) is 22.5 Å². The van der Waals surface area contributed by atoms with Gasteiger partial charge in [-0.1, -0.05) is 59.6 Å². The van der Waals surface area contributed by atoms with E-state index in [0.29, 0.717) is 34.1 Å². The van der Waals surface area contributed by atoms with Gasteiger partial charge in [-0.2, -0.15) is 0 Å². The van der Waals surface area contributed by atoms with Gasteiger partial charge in [-0.15, -0.1) is 24.0 Å². The highest BCUT2D eigenvalue weighted by Gasteiger charge is 2.10. The molecule has 0 spiro atoms. The lowest BCUT2D eigenvalue weighted by Gasteiger charge is -2.16. The number of aliphatic imine (C=N–C) groups is 1. The molecule has 0 aromatic heterocycles. The number of rotatable bonds is 7. The lowest BCUT2D eigenvalue weighted by Crippen LogP contribution is -2.34. The van der Waals surface area contributed by atoms with Crippen molar-refractivity contribution in [2.24, 2.45) is 10.7 Å². The summed E-state index contributed by atoms with van der Waals surface area (Å²) >= 11 is 12.1. The zero-order valence-electron chi connectivity index (χ0n) is 14.3. The molecule has 2 unspecified atom stereocenters. The first kappa shape index (κ1) is 23.2. The molecule has 2 aromatic rings. The second-order valence-corrected chi connectivity index (χ2v) is 7.99. The summed E-state index contributed by atoms with van der Waals surface area (Å²) < 4.78 is 12.1. The van der Waals surface area contributed by atoms with Gasteiger partial charge in [0.1, 0.15) is 0 Å². The zero-order valence-corrected chi connectivity index (χ0v) is 19.0. The molecule has 0 bridgehead atoms. The van der Waals surface area contributed by atoms with E-state index in [0.717, 1.165) is 11.1 Å². The van der Waals surface area contributed by atoms with E-state index >= 15 is 0 Å². The summed E-state index contributed by atoms with van der Waals surface area (Å²) in [5, 5.41) is 4.24. The predicted octanol–water partition coefficient (Wildman–Crippen LogP) is 4.53. The van der Waals surface area contributed by atoms with Gasteiger partial charge in [0.15, 0.2) is 5.96 Å². The fourth-order valence-electron chi connectivity index (χ4n) is 2.30. The molecule has 0 radical (unpaired) electrons. The van der Waals surface area contributed by atoms with Crippen LogP contribution in [0.3, 0.4) is 0 Å². The van der Waals surface area contributed by atoms with Crippen LogP contribution in [0, 0.1) is 0 Å². The van der Waals surface area contributed by atoms with Gasteiger partial charge in [-0.25, -0.2) is 0 Å². The van der Waals surface area contributed by atoms with Gasteiger partial charge in [0, 0.05) is 32.4 Å². The van der Waals surface area contributed by atoms with E-state index in [4.69, 9.17) is 28.9 Å². The van der Waals surface area contributed by atoms with E-state index in [1.165, 1.54) is 0 Å². The molecular weight excluding hydrogens is 504 g/mol. The van der Waals surface area contributed by atoms with E-state index in [1.807, 2.05) is 43.3 Å². The molecule has 0 aliphatic heterocycles. The van der Waals surface area contributed by atoms with Crippen molar-refractivity contribution >= 4 is 63.9 Å². The van der Waals surface area contributed by atoms with Crippen molar-refractivity contribution in [2.45, 2.75) is 18.7 Å². The number of nitrogens with one attached hydrogen (secondary N) is 1. The summed E-state index contributed by atoms with van der Waals surface area (Å²) in [4.78, 5) is 4.24. The Morgan fingerprint density at radius 1 is 1.23 bits per heavy atom. The van der Waals surface area contributed by atoms with Crippen LogP contribution in [0.4, 0.5) is 0 Å². The highest BCUT2D eigenvalue weighted by atomic mass is 127. The van der Waals surface area contributed by atoms with Gasteiger partial charge in [-0.05, 0) is 30.2 Å². The molecule has 0 heterocycles. The molecule has 0 aliphatic carbocycles. The molecule has 0 saturated heterocycles. The van der Waals surface area contributed by atoms with E-state index in [2.05, 4.69) is 10.3 Å². The Kier molecular flexibility index (Phi) is 10.5. The molecule has 142 valence electrons. The average molecular weight is 526 g/mol. The number of benzene rings is 2. The third-order valence-corrected chi connectivity index (χ3v) is 5.42. The van der Waals surface area contributed by atoms with E-state index in [-0.39, 0.29) is 30.0 Å². The van der Waals surface area contributed by atoms with Crippen LogP contribution in [0.5, 0.6) is 0 Å². The fraction of sp³-hybridized carbons (Fsp3) is 0.278. The van der Waals surface area contributed by atoms with Crippen molar-refractivity contribution < 1.29 is 4.21 Å². The Balaban J connectivity index is 0.00000338. The van der Waals surface area contributed by atoms with Crippen molar-refractivity contribution in [1.29, 1.82) is 0 Å². The van der Waals surface area contributed by atoms with Crippen LogP contribution < -0.4 is 11.1 Å². The summed E-state index contributed by atoms with van der Waals surface area (Å²) in [6.07, 6.45) is 0. The van der Waals surface area contributed by atoms with Crippen molar-refractivity contribution in [3.05, 3.63) is 69.7 Å². The standard InChI is InChI=1S/C18H21Cl2N3OS.HI/c1-13(16-8-7-15(19)11-17(16)20)23-18(21)22-9-10-25(24)12-14-5-3-2-4-6-14;/h2-8,11,13H,9-10,12H2,1H3,(H3,21,22,23);1H. The molecular formula is C18H22Cl2IN3OS. The van der Waals surface area contributed by atoms with Crippen LogP contribution in [0.25, 0.3) is 0 Å². The van der Waals surface area contributed by atoms with Gasteiger partial charge >= 0.3 is 0 Å². The Morgan fingerprint density at radius 2 is 1.92 bits per heavy atom. The van der Waals surface area contributed by atoms with Crippen LogP contribution in [-0.2, 0) is 16.6 Å². The first-order valence-corrected chi connectivity index (χ1v) is 10.1. The summed E-state index contributed by atoms with van der Waals surface area (Å²) in [5.74, 6) is 1.30. The molecule has 8 heteroatoms. The quantitative estimate of drug-likeness (QED) is 0.317. The lowest BCUT2D eigenvalue weighted by atomic mass is 10.1. The largest absolute Gasteiger partial charge is 0.370 e. The molecule has 2 atom stereocenters. The van der Waals surface area contributed by atoms with Crippen molar-refractivity contribution in [2.75, 3.05) is 12.3 Å². The molecule has 2 aromatic carbocycles. The van der Waals surface area contributed by atoms with Gasteiger partial charge in [0.25, 0.3) is 0 Å². The van der Waals surface area contributed by atoms with Gasteiger partial charge in [-0.3, -0.25) is 9.20 Å². The first-order chi connectivity index (χ1) is 12.0. The summed E-state index contributed by atoms with van der Waals surface area (Å²) in [6.45, 7) is 2.34. The normalized spacial score (nSPS) is 13.6. The smallest absolute Gasteiger partial charge is 0.189 e. The molecule has 2 rings (SSSR count). The minimum absolute atomic E-state index is 0. The van der Waals surface area contributed by atoms with Crippen LogP contribution in [0.1, 0.15) is 24.1 Å². The number of halogens is 3. The van der Waals surface area contributed by atoms with Crippen molar-refractivity contribution in [3.8, 4) is 0 Å². The maximum atomic E-state index is 12.1. The van der Waals surface area contributed by atoms with Crippen molar-refractivity contribution in [1.82, 2.24) is 5.32 Å². The van der Waals surface area contributed by atoms with Crippen LogP contribution >= 0.6 is 47.2 Å². The average Bonchev–Trinajstić information content (AvgIpc) is 2.55. The number of nitrogens with zero attached hydrogens (tertiary/aromatic N) is 1. The topological polar surface area (TPSA) is 67.5 Å². The lowest BCUT2D eigenvalue weighted by molar-refractivity contribution is 0.681. The summed E-state index contributed by atoms with van der Waals surface area (Å²) in [7, 11) is -0.969. The Bertz CT molecular complexity index is 759. The third kappa shape index (κ3) is 7.82. The molecule has 26 heavy (non-hydrogen) atoms. The number of hydrogen-bond acceptors (Lipinski definition) is 2. The Hall–Kier alpha value is -0.830. The minimum atomic E-state index is -0.969. The highest BCUT2D eigenvalue weighted by molar-refractivity contribution is 14.0. The Labute approximate surface area is 184 Å². The monoisotopic (exact) mass is 525 g/mol. The molecule has 0 fully saturated rings. The summed E-state index contributed by atoms with van der Waals surface area (Å²) in [5.41, 5.74) is 7.84. The van der Waals surface area contributed by atoms with Crippen LogP contribution in [0.15, 0.2) is 53.5 Å². The van der Waals surface area contributed by atoms with Gasteiger partial charge in [0.05, 0.1) is 12.6 Å². The SMILES string of the molecule is CC(NC(N)=NCCS(=O)Cc1ccccc1)c1ccc(Cl)cc1Cl.I. The van der Waals surface area contributed by atoms with E-state index < -0.39 is 10.8 Å². The van der Waals surface area contributed by atoms with Crippen LogP contribution in [0.2, 0.25) is 10.0 Å². The Morgan fingerprint density at radius 3 is 2.58 bits per heavy atom. The third-order valence-electron chi connectivity index (χ3n) is 3.56. The van der Waals surface area contributed by atoms with Gasteiger partial charge < -0.3 is 11.1 Å². The molecule has 0 saturated carbocycles. The highest BCUT2D eigenvalue weighted by Crippen LogP contribution is 2.25. The predicted molar refractivity (Wildman–Crippen MR) is 123 cm³/mol. The van der Waals surface area contributed by atoms with Gasteiger partial charge in [0.2, 0.25) is 0 Å². The molecule has 0 amide bonds. The van der Waals surface area contributed by atoms with E-state index in [1.54, 1.807) is 12.1 Å². The molecule has 4 nitrogen and oxygen atoms in total. The van der Waals surface area contributed by atoms with E-state index in [9.17, 15) is 4.21 Å². The second-order valence-electron chi connectivity index (χ2n) is 5.57. The number of hydrogen-bond donors (Lipinski definition) is 2. The fourth-order valence-corrected chi connectivity index (χ4v) is 3.87. The number of nitrogens with two attached hydrogens (primary N) is 1. The molecule has 3 N–H and O–H groups in total. The molecule has 0 aliphatic rings. The second kappa shape index (κ2) is 11.8. The maximum Gasteiger partial charge on any atom is 0.189 e. The maximum absolute atomic E-state index is 12.1. The van der Waals surface area contributed by atoms with Crippen molar-refractivity contribution in [3.63, 3.8) is 0 Å². The zero-order chi connectivity index (χ0) is 18.2. The first-order valence-electron chi connectivity index (χ1n) is 7.86.